The zero-order chi connectivity index (χ0) is 14.3. The van der Waals surface area contributed by atoms with Crippen LogP contribution in [0, 0.1) is 12.8 Å². The van der Waals surface area contributed by atoms with Gasteiger partial charge >= 0.3 is 0 Å². The third-order valence-corrected chi connectivity index (χ3v) is 2.96. The van der Waals surface area contributed by atoms with E-state index in [2.05, 4.69) is 38.2 Å². The summed E-state index contributed by atoms with van der Waals surface area (Å²) in [5.41, 5.74) is 2.47. The molecule has 0 fully saturated rings. The topological polar surface area (TPSA) is 30.5 Å². The van der Waals surface area contributed by atoms with E-state index in [1.54, 1.807) is 7.11 Å². The van der Waals surface area contributed by atoms with Gasteiger partial charge in [0.05, 0.1) is 6.10 Å². The van der Waals surface area contributed by atoms with Gasteiger partial charge in [0.1, 0.15) is 12.4 Å². The Balaban J connectivity index is 2.63. The van der Waals surface area contributed by atoms with Crippen molar-refractivity contribution < 1.29 is 9.47 Å². The number of nitrogens with one attached hydrogen (secondary N) is 1. The van der Waals surface area contributed by atoms with Crippen molar-refractivity contribution >= 4 is 0 Å². The first-order valence-electron chi connectivity index (χ1n) is 6.98. The van der Waals surface area contributed by atoms with Crippen LogP contribution in [0.25, 0.3) is 0 Å². The Morgan fingerprint density at radius 3 is 2.58 bits per heavy atom. The maximum absolute atomic E-state index is 5.84. The van der Waals surface area contributed by atoms with E-state index in [-0.39, 0.29) is 6.10 Å². The van der Waals surface area contributed by atoms with Gasteiger partial charge in [-0.2, -0.15) is 0 Å². The molecule has 0 spiro atoms. The van der Waals surface area contributed by atoms with Crippen LogP contribution in [0.3, 0.4) is 0 Å². The Morgan fingerprint density at radius 1 is 1.21 bits per heavy atom. The monoisotopic (exact) mass is 265 g/mol. The Morgan fingerprint density at radius 2 is 1.95 bits per heavy atom. The van der Waals surface area contributed by atoms with Gasteiger partial charge in [0.25, 0.3) is 0 Å². The van der Waals surface area contributed by atoms with Crippen molar-refractivity contribution in [3.63, 3.8) is 0 Å². The molecule has 0 aromatic heterocycles. The van der Waals surface area contributed by atoms with E-state index in [1.165, 1.54) is 11.1 Å². The fraction of sp³-hybridized carbons (Fsp3) is 0.625. The molecule has 1 rings (SSSR count). The molecular formula is C16H27NO2. The van der Waals surface area contributed by atoms with Gasteiger partial charge in [0.15, 0.2) is 0 Å². The lowest BCUT2D eigenvalue weighted by Gasteiger charge is -2.16. The highest BCUT2D eigenvalue weighted by Crippen LogP contribution is 2.20. The minimum atomic E-state index is 0.109. The number of hydrogen-bond acceptors (Lipinski definition) is 3. The molecule has 1 aromatic rings. The van der Waals surface area contributed by atoms with Crippen LogP contribution in [0.15, 0.2) is 18.2 Å². The fourth-order valence-electron chi connectivity index (χ4n) is 1.76. The average molecular weight is 265 g/mol. The highest BCUT2D eigenvalue weighted by atomic mass is 16.5. The zero-order valence-corrected chi connectivity index (χ0v) is 12.8. The van der Waals surface area contributed by atoms with Crippen LogP contribution in [0.4, 0.5) is 0 Å². The van der Waals surface area contributed by atoms with Gasteiger partial charge in [0, 0.05) is 19.2 Å². The minimum absolute atomic E-state index is 0.109. The summed E-state index contributed by atoms with van der Waals surface area (Å²) < 4.78 is 11.0. The molecule has 0 radical (unpaired) electrons. The normalized spacial score (nSPS) is 12.7. The molecule has 1 atom stereocenters. The standard InChI is InChI=1S/C16H27NO2/c1-12(2)9-17-10-15-8-13(3)6-7-16(15)19-11-14(4)18-5/h6-8,12,14,17H,9-11H2,1-5H3. The van der Waals surface area contributed by atoms with Crippen LogP contribution in [0.5, 0.6) is 5.75 Å². The molecule has 0 bridgehead atoms. The molecule has 108 valence electrons. The lowest BCUT2D eigenvalue weighted by molar-refractivity contribution is 0.0712. The van der Waals surface area contributed by atoms with Crippen molar-refractivity contribution in [3.8, 4) is 5.75 Å². The highest BCUT2D eigenvalue weighted by Gasteiger charge is 2.07. The summed E-state index contributed by atoms with van der Waals surface area (Å²) in [4.78, 5) is 0. The second-order valence-electron chi connectivity index (χ2n) is 5.49. The van der Waals surface area contributed by atoms with Crippen LogP contribution >= 0.6 is 0 Å². The Hall–Kier alpha value is -1.06. The van der Waals surface area contributed by atoms with Crippen molar-refractivity contribution in [3.05, 3.63) is 29.3 Å². The third kappa shape index (κ3) is 6.08. The third-order valence-electron chi connectivity index (χ3n) is 2.96. The lowest BCUT2D eigenvalue weighted by Crippen LogP contribution is -2.21. The van der Waals surface area contributed by atoms with Gasteiger partial charge in [-0.25, -0.2) is 0 Å². The quantitative estimate of drug-likeness (QED) is 0.783. The summed E-state index contributed by atoms with van der Waals surface area (Å²) in [6.07, 6.45) is 0.109. The van der Waals surface area contributed by atoms with Gasteiger partial charge in [-0.15, -0.1) is 0 Å². The van der Waals surface area contributed by atoms with Gasteiger partial charge in [-0.3, -0.25) is 0 Å². The maximum Gasteiger partial charge on any atom is 0.123 e. The van der Waals surface area contributed by atoms with Crippen LogP contribution < -0.4 is 10.1 Å². The van der Waals surface area contributed by atoms with Crippen LogP contribution in [-0.2, 0) is 11.3 Å². The van der Waals surface area contributed by atoms with Gasteiger partial charge in [0.2, 0.25) is 0 Å². The Bertz CT molecular complexity index is 377. The first-order chi connectivity index (χ1) is 9.02. The summed E-state index contributed by atoms with van der Waals surface area (Å²) in [7, 11) is 1.70. The molecular weight excluding hydrogens is 238 g/mol. The van der Waals surface area contributed by atoms with E-state index in [4.69, 9.17) is 9.47 Å². The number of ether oxygens (including phenoxy) is 2. The van der Waals surface area contributed by atoms with E-state index in [9.17, 15) is 0 Å². The SMILES string of the molecule is COC(C)COc1ccc(C)cc1CNCC(C)C. The molecule has 19 heavy (non-hydrogen) atoms. The summed E-state index contributed by atoms with van der Waals surface area (Å²) >= 11 is 0. The predicted molar refractivity (Wildman–Crippen MR) is 79.7 cm³/mol. The van der Waals surface area contributed by atoms with Crippen LogP contribution in [-0.4, -0.2) is 26.4 Å². The number of hydrogen-bond donors (Lipinski definition) is 1. The summed E-state index contributed by atoms with van der Waals surface area (Å²) in [5.74, 6) is 1.61. The molecule has 1 aromatic carbocycles. The Kier molecular flexibility index (Phi) is 6.89. The van der Waals surface area contributed by atoms with Crippen LogP contribution in [0.1, 0.15) is 31.9 Å². The molecule has 0 aliphatic heterocycles. The Labute approximate surface area is 117 Å². The predicted octanol–water partition coefficient (Wildman–Crippen LogP) is 3.15. The van der Waals surface area contributed by atoms with Crippen LogP contribution in [0.2, 0.25) is 0 Å². The van der Waals surface area contributed by atoms with Crippen molar-refractivity contribution in [2.45, 2.75) is 40.3 Å². The maximum atomic E-state index is 5.84. The van der Waals surface area contributed by atoms with Crippen molar-refractivity contribution in [1.82, 2.24) is 5.32 Å². The summed E-state index contributed by atoms with van der Waals surface area (Å²) in [6, 6.07) is 6.31. The molecule has 0 heterocycles. The molecule has 0 amide bonds. The molecule has 0 saturated heterocycles. The number of aryl methyl sites for hydroxylation is 1. The average Bonchev–Trinajstić information content (AvgIpc) is 2.37. The van der Waals surface area contributed by atoms with E-state index < -0.39 is 0 Å². The second-order valence-corrected chi connectivity index (χ2v) is 5.49. The number of benzene rings is 1. The molecule has 1 N–H and O–H groups in total. The fourth-order valence-corrected chi connectivity index (χ4v) is 1.76. The van der Waals surface area contributed by atoms with E-state index in [0.29, 0.717) is 12.5 Å². The highest BCUT2D eigenvalue weighted by molar-refractivity contribution is 5.36. The van der Waals surface area contributed by atoms with Crippen molar-refractivity contribution in [1.29, 1.82) is 0 Å². The van der Waals surface area contributed by atoms with Gasteiger partial charge in [-0.1, -0.05) is 31.5 Å². The molecule has 3 nitrogen and oxygen atoms in total. The molecule has 0 aliphatic carbocycles. The van der Waals surface area contributed by atoms with E-state index in [1.807, 2.05) is 13.0 Å². The summed E-state index contributed by atoms with van der Waals surface area (Å²) in [6.45, 7) is 11.0. The minimum Gasteiger partial charge on any atom is -0.491 e. The first kappa shape index (κ1) is 16.0. The van der Waals surface area contributed by atoms with E-state index in [0.717, 1.165) is 18.8 Å². The number of methoxy groups -OCH3 is 1. The molecule has 0 saturated carbocycles. The first-order valence-corrected chi connectivity index (χ1v) is 6.98. The smallest absolute Gasteiger partial charge is 0.123 e. The zero-order valence-electron chi connectivity index (χ0n) is 12.8. The molecule has 1 unspecified atom stereocenters. The largest absolute Gasteiger partial charge is 0.491 e. The van der Waals surface area contributed by atoms with Gasteiger partial charge < -0.3 is 14.8 Å². The summed E-state index contributed by atoms with van der Waals surface area (Å²) in [5, 5.41) is 3.46. The second kappa shape index (κ2) is 8.18. The number of rotatable bonds is 8. The lowest BCUT2D eigenvalue weighted by atomic mass is 10.1. The van der Waals surface area contributed by atoms with Crippen molar-refractivity contribution in [2.75, 3.05) is 20.3 Å². The molecule has 3 heteroatoms. The van der Waals surface area contributed by atoms with Gasteiger partial charge in [-0.05, 0) is 32.4 Å². The molecule has 0 aliphatic rings. The van der Waals surface area contributed by atoms with Crippen molar-refractivity contribution in [2.24, 2.45) is 5.92 Å². The van der Waals surface area contributed by atoms with E-state index >= 15 is 0 Å².